The molecule has 0 saturated carbocycles. The third-order valence-electron chi connectivity index (χ3n) is 4.09. The fourth-order valence-electron chi connectivity index (χ4n) is 2.76. The van der Waals surface area contributed by atoms with E-state index >= 15 is 0 Å². The zero-order valence-corrected chi connectivity index (χ0v) is 15.2. The average Bonchev–Trinajstić information content (AvgIpc) is 3.46. The topological polar surface area (TPSA) is 96.7 Å². The Morgan fingerprint density at radius 2 is 2.00 bits per heavy atom. The molecule has 0 fully saturated rings. The fraction of sp³-hybridized carbons (Fsp3) is 0.0556. The van der Waals surface area contributed by atoms with Gasteiger partial charge in [-0.05, 0) is 35.7 Å². The van der Waals surface area contributed by atoms with Crippen LogP contribution in [-0.2, 0) is 6.54 Å². The van der Waals surface area contributed by atoms with Crippen LogP contribution in [0.15, 0.2) is 53.9 Å². The maximum Gasteiger partial charge on any atom is 0.191 e. The van der Waals surface area contributed by atoms with Crippen molar-refractivity contribution >= 4 is 22.8 Å². The smallest absolute Gasteiger partial charge is 0.191 e. The molecule has 138 valence electrons. The van der Waals surface area contributed by atoms with Gasteiger partial charge in [-0.2, -0.15) is 9.61 Å². The van der Waals surface area contributed by atoms with Crippen LogP contribution in [-0.4, -0.2) is 35.0 Å². The molecule has 5 aromatic rings. The number of hydrogen-bond donors (Lipinski definition) is 2. The van der Waals surface area contributed by atoms with E-state index in [-0.39, 0.29) is 5.82 Å². The van der Waals surface area contributed by atoms with Crippen molar-refractivity contribution in [2.75, 3.05) is 5.32 Å². The summed E-state index contributed by atoms with van der Waals surface area (Å²) in [6.45, 7) is 0.411. The highest BCUT2D eigenvalue weighted by atomic mass is 32.1. The average molecular weight is 392 g/mol. The monoisotopic (exact) mass is 392 g/mol. The van der Waals surface area contributed by atoms with E-state index in [9.17, 15) is 4.39 Å². The highest BCUT2D eigenvalue weighted by Crippen LogP contribution is 2.22. The number of hydrogen-bond acceptors (Lipinski definition) is 7. The molecule has 10 heteroatoms. The Morgan fingerprint density at radius 3 is 2.86 bits per heavy atom. The third kappa shape index (κ3) is 2.99. The van der Waals surface area contributed by atoms with Crippen LogP contribution in [0.25, 0.3) is 27.7 Å². The molecular weight excluding hydrogens is 379 g/mol. The molecule has 0 saturated heterocycles. The number of rotatable bonds is 5. The molecule has 4 aromatic heterocycles. The van der Waals surface area contributed by atoms with Gasteiger partial charge in [-0.3, -0.25) is 5.10 Å². The number of H-pyrrole nitrogens is 1. The molecule has 0 aliphatic carbocycles. The van der Waals surface area contributed by atoms with Crippen molar-refractivity contribution in [3.05, 3.63) is 65.6 Å². The second-order valence-electron chi connectivity index (χ2n) is 5.93. The maximum atomic E-state index is 14.1. The van der Waals surface area contributed by atoms with Crippen LogP contribution >= 0.6 is 11.3 Å². The Balaban J connectivity index is 1.40. The van der Waals surface area contributed by atoms with Gasteiger partial charge in [0, 0.05) is 0 Å². The second-order valence-corrected chi connectivity index (χ2v) is 6.88. The maximum absolute atomic E-state index is 14.1. The predicted molar refractivity (Wildman–Crippen MR) is 103 cm³/mol. The SMILES string of the molecule is Fc1ccccc1-c1nnc2ccc(NCc3nc(-c4cccs4)n[nH]3)nn12. The lowest BCUT2D eigenvalue weighted by Gasteiger charge is -2.05. The number of anilines is 1. The van der Waals surface area contributed by atoms with Crippen LogP contribution in [0, 0.1) is 5.82 Å². The van der Waals surface area contributed by atoms with E-state index in [2.05, 4.69) is 35.8 Å². The second kappa shape index (κ2) is 6.82. The summed E-state index contributed by atoms with van der Waals surface area (Å²) in [5, 5.41) is 24.9. The van der Waals surface area contributed by atoms with Crippen molar-refractivity contribution in [3.63, 3.8) is 0 Å². The molecule has 1 aromatic carbocycles. The quantitative estimate of drug-likeness (QED) is 0.476. The standard InChI is InChI=1S/C18H13FN8S/c19-12-5-2-1-4-11(12)18-25-23-16-8-7-14(26-27(16)18)20-10-15-21-17(24-22-15)13-6-3-9-28-13/h1-9H,10H2,(H,20,26)(H,21,22,24). The van der Waals surface area contributed by atoms with Crippen molar-refractivity contribution in [1.29, 1.82) is 0 Å². The van der Waals surface area contributed by atoms with Gasteiger partial charge in [0.2, 0.25) is 0 Å². The minimum Gasteiger partial charge on any atom is -0.361 e. The molecule has 0 spiro atoms. The van der Waals surface area contributed by atoms with Gasteiger partial charge in [0.25, 0.3) is 0 Å². The van der Waals surface area contributed by atoms with Gasteiger partial charge < -0.3 is 5.32 Å². The summed E-state index contributed by atoms with van der Waals surface area (Å²) in [7, 11) is 0. The minimum atomic E-state index is -0.375. The van der Waals surface area contributed by atoms with Crippen LogP contribution in [0.2, 0.25) is 0 Å². The van der Waals surface area contributed by atoms with Crippen molar-refractivity contribution < 1.29 is 4.39 Å². The minimum absolute atomic E-state index is 0.343. The number of nitrogens with zero attached hydrogens (tertiary/aromatic N) is 6. The van der Waals surface area contributed by atoms with Crippen LogP contribution in [0.4, 0.5) is 10.2 Å². The van der Waals surface area contributed by atoms with Gasteiger partial charge >= 0.3 is 0 Å². The van der Waals surface area contributed by atoms with Gasteiger partial charge in [-0.1, -0.05) is 18.2 Å². The number of halogens is 1. The molecule has 28 heavy (non-hydrogen) atoms. The normalized spacial score (nSPS) is 11.2. The third-order valence-corrected chi connectivity index (χ3v) is 4.95. The number of benzene rings is 1. The van der Waals surface area contributed by atoms with Crippen LogP contribution in [0.1, 0.15) is 5.82 Å². The van der Waals surface area contributed by atoms with E-state index in [1.54, 1.807) is 41.7 Å². The summed E-state index contributed by atoms with van der Waals surface area (Å²) in [5.74, 6) is 1.90. The number of fused-ring (bicyclic) bond motifs is 1. The highest BCUT2D eigenvalue weighted by Gasteiger charge is 2.14. The van der Waals surface area contributed by atoms with Crippen molar-refractivity contribution in [2.45, 2.75) is 6.54 Å². The van der Waals surface area contributed by atoms with Crippen molar-refractivity contribution in [3.8, 4) is 22.1 Å². The summed E-state index contributed by atoms with van der Waals surface area (Å²) < 4.78 is 15.6. The van der Waals surface area contributed by atoms with Crippen LogP contribution in [0.5, 0.6) is 0 Å². The van der Waals surface area contributed by atoms with Crippen LogP contribution in [0.3, 0.4) is 0 Å². The van der Waals surface area contributed by atoms with E-state index in [1.165, 1.54) is 10.6 Å². The van der Waals surface area contributed by atoms with Crippen molar-refractivity contribution in [2.24, 2.45) is 0 Å². The van der Waals surface area contributed by atoms with E-state index < -0.39 is 0 Å². The molecule has 0 aliphatic rings. The zero-order valence-electron chi connectivity index (χ0n) is 14.4. The molecule has 0 atom stereocenters. The summed E-state index contributed by atoms with van der Waals surface area (Å²) in [5.41, 5.74) is 0.874. The molecule has 0 bridgehead atoms. The molecular formula is C18H13FN8S. The summed E-state index contributed by atoms with van der Waals surface area (Å²) >= 11 is 1.58. The van der Waals surface area contributed by atoms with E-state index in [1.807, 2.05) is 17.5 Å². The lowest BCUT2D eigenvalue weighted by atomic mass is 10.2. The van der Waals surface area contributed by atoms with Gasteiger partial charge in [0.15, 0.2) is 17.3 Å². The predicted octanol–water partition coefficient (Wildman–Crippen LogP) is 3.39. The Labute approximate surface area is 162 Å². The fourth-order valence-corrected chi connectivity index (χ4v) is 3.42. The molecule has 0 unspecified atom stereocenters. The summed E-state index contributed by atoms with van der Waals surface area (Å²) in [6.07, 6.45) is 0. The van der Waals surface area contributed by atoms with E-state index in [0.29, 0.717) is 41.0 Å². The highest BCUT2D eigenvalue weighted by molar-refractivity contribution is 7.13. The first-order valence-corrected chi connectivity index (χ1v) is 9.32. The molecule has 0 amide bonds. The Bertz CT molecular complexity index is 1240. The molecule has 5 rings (SSSR count). The number of aromatic nitrogens is 7. The first-order valence-electron chi connectivity index (χ1n) is 8.44. The van der Waals surface area contributed by atoms with Crippen LogP contribution < -0.4 is 5.32 Å². The first-order chi connectivity index (χ1) is 13.8. The Kier molecular flexibility index (Phi) is 4.02. The number of aromatic amines is 1. The Morgan fingerprint density at radius 1 is 1.07 bits per heavy atom. The molecule has 2 N–H and O–H groups in total. The molecule has 0 aliphatic heterocycles. The molecule has 8 nitrogen and oxygen atoms in total. The number of thiophene rings is 1. The summed E-state index contributed by atoms with van der Waals surface area (Å²) in [6, 6.07) is 13.9. The van der Waals surface area contributed by atoms with E-state index in [4.69, 9.17) is 0 Å². The zero-order chi connectivity index (χ0) is 18.9. The summed E-state index contributed by atoms with van der Waals surface area (Å²) in [4.78, 5) is 5.47. The van der Waals surface area contributed by atoms with Gasteiger partial charge in [-0.25, -0.2) is 9.37 Å². The lowest BCUT2D eigenvalue weighted by molar-refractivity contribution is 0.629. The first kappa shape index (κ1) is 16.5. The lowest BCUT2D eigenvalue weighted by Crippen LogP contribution is -2.06. The van der Waals surface area contributed by atoms with E-state index in [0.717, 1.165) is 4.88 Å². The van der Waals surface area contributed by atoms with Gasteiger partial charge in [0.1, 0.15) is 17.5 Å². The number of nitrogens with one attached hydrogen (secondary N) is 2. The van der Waals surface area contributed by atoms with Gasteiger partial charge in [0.05, 0.1) is 17.0 Å². The Hall–Kier alpha value is -3.66. The molecule has 4 heterocycles. The molecule has 0 radical (unpaired) electrons. The van der Waals surface area contributed by atoms with Crippen molar-refractivity contribution in [1.82, 2.24) is 35.0 Å². The van der Waals surface area contributed by atoms with Gasteiger partial charge in [-0.15, -0.1) is 26.6 Å². The largest absolute Gasteiger partial charge is 0.361 e.